The molecule has 0 aliphatic carbocycles. The molecular weight excluding hydrogens is 579 g/mol. The van der Waals surface area contributed by atoms with Crippen LogP contribution >= 0.6 is 0 Å². The minimum atomic E-state index is -3.47. The lowest BCUT2D eigenvalue weighted by atomic mass is 9.87. The molecule has 3 N–H and O–H groups in total. The molecule has 2 aliphatic rings. The zero-order valence-electron chi connectivity index (χ0n) is 25.0. The second-order valence-electron chi connectivity index (χ2n) is 12.9. The summed E-state index contributed by atoms with van der Waals surface area (Å²) in [6.07, 6.45) is 0.820. The van der Waals surface area contributed by atoms with Crippen molar-refractivity contribution >= 4 is 24.7 Å². The number of aliphatic hydroxyl groups excluding tert-OH is 1. The van der Waals surface area contributed by atoms with Gasteiger partial charge in [0.2, 0.25) is 0 Å². The van der Waals surface area contributed by atoms with Gasteiger partial charge in [-0.25, -0.2) is 17.6 Å². The Balaban J connectivity index is 1.54. The minimum Gasteiger partial charge on any atom is -0.390 e. The van der Waals surface area contributed by atoms with Crippen LogP contribution in [0.5, 0.6) is 0 Å². The van der Waals surface area contributed by atoms with E-state index in [-0.39, 0.29) is 24.0 Å². The molecule has 232 valence electrons. The molecule has 5 nitrogen and oxygen atoms in total. The summed E-state index contributed by atoms with van der Waals surface area (Å²) in [6.45, 7) is 7.48. The molecule has 0 amide bonds. The van der Waals surface area contributed by atoms with Crippen molar-refractivity contribution in [1.82, 2.24) is 14.8 Å². The summed E-state index contributed by atoms with van der Waals surface area (Å²) in [6, 6.07) is 6.40. The number of aliphatic hydroxyl groups is 1. The molecule has 0 spiro atoms. The normalized spacial score (nSPS) is 20.0. The van der Waals surface area contributed by atoms with Crippen molar-refractivity contribution in [3.8, 4) is 11.5 Å². The molecule has 0 bridgehead atoms. The summed E-state index contributed by atoms with van der Waals surface area (Å²) < 4.78 is 73.6. The van der Waals surface area contributed by atoms with Gasteiger partial charge in [-0.2, -0.15) is 0 Å². The van der Waals surface area contributed by atoms with Crippen LogP contribution in [0.2, 0.25) is 19.6 Å². The van der Waals surface area contributed by atoms with Crippen LogP contribution in [-0.4, -0.2) is 85.4 Å². The van der Waals surface area contributed by atoms with E-state index in [1.807, 2.05) is 18.2 Å². The monoisotopic (exact) mass is 618 g/mol. The first-order valence-electron chi connectivity index (χ1n) is 14.7. The number of hydrogen-bond donors (Lipinski definition) is 3. The van der Waals surface area contributed by atoms with Gasteiger partial charge in [-0.05, 0) is 55.7 Å². The van der Waals surface area contributed by atoms with Crippen molar-refractivity contribution in [2.45, 2.75) is 63.5 Å². The summed E-state index contributed by atoms with van der Waals surface area (Å²) >= 11 is 0. The third-order valence-electron chi connectivity index (χ3n) is 8.13. The fourth-order valence-electron chi connectivity index (χ4n) is 6.06. The van der Waals surface area contributed by atoms with Crippen molar-refractivity contribution in [1.29, 1.82) is 0 Å². The van der Waals surface area contributed by atoms with Crippen LogP contribution in [0.4, 0.5) is 27.6 Å². The van der Waals surface area contributed by atoms with Gasteiger partial charge >= 0.3 is 0 Å². The number of hydrogen-bond acceptors (Lipinski definition) is 4. The number of aromatic nitrogens is 1. The first-order valence-corrected chi connectivity index (χ1v) is 18.2. The Morgan fingerprint density at radius 3 is 2.44 bits per heavy atom. The van der Waals surface area contributed by atoms with Crippen molar-refractivity contribution in [2.75, 3.05) is 44.8 Å². The highest BCUT2D eigenvalue weighted by Gasteiger charge is 2.43. The molecule has 1 saturated heterocycles. The Morgan fingerprint density at radius 1 is 1.12 bits per heavy atom. The van der Waals surface area contributed by atoms with Crippen LogP contribution in [-0.2, 0) is 6.42 Å². The molecule has 2 aromatic carbocycles. The second kappa shape index (κ2) is 12.2. The van der Waals surface area contributed by atoms with Crippen molar-refractivity contribution < 1.29 is 27.1 Å². The van der Waals surface area contributed by atoms with Crippen molar-refractivity contribution in [3.63, 3.8) is 0 Å². The van der Waals surface area contributed by atoms with Gasteiger partial charge in [0.05, 0.1) is 25.3 Å². The molecule has 0 saturated carbocycles. The molecule has 0 radical (unpaired) electrons. The van der Waals surface area contributed by atoms with Crippen LogP contribution < -0.4 is 5.32 Å². The van der Waals surface area contributed by atoms with E-state index >= 15 is 8.78 Å². The Hall–Kier alpha value is -2.91. The molecule has 1 fully saturated rings. The maximum atomic E-state index is 15.9. The first kappa shape index (κ1) is 31.5. The highest BCUT2D eigenvalue weighted by atomic mass is 28.3. The first-order chi connectivity index (χ1) is 20.3. The van der Waals surface area contributed by atoms with Crippen molar-refractivity contribution in [3.05, 3.63) is 64.4 Å². The molecule has 1 aromatic heterocycles. The Kier molecular flexibility index (Phi) is 8.96. The van der Waals surface area contributed by atoms with E-state index in [0.717, 1.165) is 22.0 Å². The number of rotatable bonds is 9. The van der Waals surface area contributed by atoms with Gasteiger partial charge in [0.25, 0.3) is 5.92 Å². The molecule has 5 rings (SSSR count). The van der Waals surface area contributed by atoms with Crippen LogP contribution in [0.3, 0.4) is 0 Å². The highest BCUT2D eigenvalue weighted by Crippen LogP contribution is 2.44. The smallest absolute Gasteiger partial charge is 0.283 e. The number of alkyl halides is 3. The van der Waals surface area contributed by atoms with E-state index in [4.69, 9.17) is 0 Å². The summed E-state index contributed by atoms with van der Waals surface area (Å²) in [5, 5.41) is 13.4. The van der Waals surface area contributed by atoms with Gasteiger partial charge in [0.1, 0.15) is 26.3 Å². The average Bonchev–Trinajstić information content (AvgIpc) is 3.26. The molecule has 2 aliphatic heterocycles. The van der Waals surface area contributed by atoms with Gasteiger partial charge < -0.3 is 15.4 Å². The SMILES string of the molecule is C[C@@H]1Cc2c([nH]c3ccc(C#C[Si](C)(C)C)cc23)[C@@H](c2c(F)cc(NC3CN(CCCF)C3)cc2F)N1CC(F)(F)CO. The van der Waals surface area contributed by atoms with E-state index < -0.39 is 50.9 Å². The third kappa shape index (κ3) is 6.93. The lowest BCUT2D eigenvalue weighted by Gasteiger charge is -2.42. The number of fused-ring (bicyclic) bond motifs is 3. The fourth-order valence-corrected chi connectivity index (χ4v) is 6.58. The number of benzene rings is 2. The second-order valence-corrected chi connectivity index (χ2v) is 17.7. The number of anilines is 1. The number of H-pyrrole nitrogens is 1. The quantitative estimate of drug-likeness (QED) is 0.154. The Morgan fingerprint density at radius 2 is 1.81 bits per heavy atom. The van der Waals surface area contributed by atoms with Gasteiger partial charge in [0.15, 0.2) is 0 Å². The van der Waals surface area contributed by atoms with E-state index in [1.54, 1.807) is 6.92 Å². The number of nitrogens with zero attached hydrogens (tertiary/aromatic N) is 2. The number of aromatic amines is 1. The number of nitrogens with one attached hydrogen (secondary N) is 2. The Bertz CT molecular complexity index is 1510. The fraction of sp³-hybridized carbons (Fsp3) is 0.500. The molecule has 3 heterocycles. The summed E-state index contributed by atoms with van der Waals surface area (Å²) in [5.41, 5.74) is 6.11. The zero-order chi connectivity index (χ0) is 31.1. The lowest BCUT2D eigenvalue weighted by molar-refractivity contribution is -0.0869. The van der Waals surface area contributed by atoms with Crippen molar-refractivity contribution in [2.24, 2.45) is 0 Å². The topological polar surface area (TPSA) is 54.5 Å². The standard InChI is InChI=1S/C32H39F5N4OSi/c1-20-12-25-24-13-21(8-11-43(2,3)4)6-7-28(24)39-30(25)31(41(20)18-32(36,37)19-42)29-26(34)14-22(15-27(29)35)38-23-16-40(17-23)10-5-9-33/h6-7,13-15,20,23,31,38-39,42H,5,9-10,12,16-19H2,1-4H3/t20-,31-/m1/s1. The van der Waals surface area contributed by atoms with Crippen LogP contribution in [0.1, 0.15) is 41.8 Å². The summed E-state index contributed by atoms with van der Waals surface area (Å²) in [7, 11) is -1.63. The van der Waals surface area contributed by atoms with E-state index in [2.05, 4.69) is 46.3 Å². The van der Waals surface area contributed by atoms with Crippen LogP contribution in [0.25, 0.3) is 10.9 Å². The number of likely N-dealkylation sites (tertiary alicyclic amines) is 1. The van der Waals surface area contributed by atoms with Crippen LogP contribution in [0.15, 0.2) is 30.3 Å². The summed E-state index contributed by atoms with van der Waals surface area (Å²) in [4.78, 5) is 6.72. The molecular formula is C32H39F5N4OSi. The van der Waals surface area contributed by atoms with Gasteiger partial charge in [-0.3, -0.25) is 14.2 Å². The largest absolute Gasteiger partial charge is 0.390 e. The molecule has 43 heavy (non-hydrogen) atoms. The molecule has 2 atom stereocenters. The van der Waals surface area contributed by atoms with Crippen LogP contribution in [0, 0.1) is 23.1 Å². The zero-order valence-corrected chi connectivity index (χ0v) is 26.0. The minimum absolute atomic E-state index is 0.0303. The van der Waals surface area contributed by atoms with E-state index in [1.165, 1.54) is 17.0 Å². The molecule has 11 heteroatoms. The summed E-state index contributed by atoms with van der Waals surface area (Å²) in [5.74, 6) is -1.92. The predicted octanol–water partition coefficient (Wildman–Crippen LogP) is 6.09. The van der Waals surface area contributed by atoms with Gasteiger partial charge in [-0.15, -0.1) is 5.54 Å². The third-order valence-corrected chi connectivity index (χ3v) is 9.00. The maximum Gasteiger partial charge on any atom is 0.283 e. The van der Waals surface area contributed by atoms with Gasteiger partial charge in [0, 0.05) is 59.1 Å². The highest BCUT2D eigenvalue weighted by molar-refractivity contribution is 6.83. The predicted molar refractivity (Wildman–Crippen MR) is 163 cm³/mol. The maximum absolute atomic E-state index is 15.9. The number of halogens is 5. The lowest BCUT2D eigenvalue weighted by Crippen LogP contribution is -2.54. The molecule has 0 unspecified atom stereocenters. The average molecular weight is 619 g/mol. The van der Waals surface area contributed by atoms with Gasteiger partial charge in [-0.1, -0.05) is 25.6 Å². The van der Waals surface area contributed by atoms with E-state index in [0.29, 0.717) is 38.2 Å². The molecule has 3 aromatic rings. The van der Waals surface area contributed by atoms with E-state index in [9.17, 15) is 18.3 Å². The Labute approximate surface area is 250 Å².